The molecule has 0 bridgehead atoms. The molecule has 0 saturated carbocycles. The Hall–Kier alpha value is -2.51. The molecule has 3 N–H and O–H groups in total. The van der Waals surface area contributed by atoms with Crippen molar-refractivity contribution < 1.29 is 14.3 Å². The van der Waals surface area contributed by atoms with Crippen LogP contribution < -0.4 is 20.7 Å². The summed E-state index contributed by atoms with van der Waals surface area (Å²) in [5.41, 5.74) is 6.11. The largest absolute Gasteiger partial charge is 0.477 e. The molecular formula is C16H14Cl2N4O3. The average molecular weight is 381 g/mol. The van der Waals surface area contributed by atoms with E-state index in [2.05, 4.69) is 10.3 Å². The van der Waals surface area contributed by atoms with Crippen molar-refractivity contribution in [2.24, 2.45) is 0 Å². The van der Waals surface area contributed by atoms with E-state index >= 15 is 0 Å². The minimum atomic E-state index is -0.730. The first-order valence-electron chi connectivity index (χ1n) is 7.34. The van der Waals surface area contributed by atoms with Crippen LogP contribution in [-0.4, -0.2) is 29.4 Å². The van der Waals surface area contributed by atoms with Crippen molar-refractivity contribution in [1.29, 1.82) is 0 Å². The number of ether oxygens (including phenoxy) is 1. The monoisotopic (exact) mass is 380 g/mol. The summed E-state index contributed by atoms with van der Waals surface area (Å²) in [6, 6.07) is 7.84. The van der Waals surface area contributed by atoms with Gasteiger partial charge in [0.1, 0.15) is 12.4 Å². The molecule has 2 heterocycles. The number of nitrogen functional groups attached to an aromatic ring is 1. The lowest BCUT2D eigenvalue weighted by Gasteiger charge is -2.31. The molecule has 0 saturated heterocycles. The average Bonchev–Trinajstić information content (AvgIpc) is 2.51. The molecule has 1 aromatic heterocycles. The predicted octanol–water partition coefficient (Wildman–Crippen LogP) is 2.72. The van der Waals surface area contributed by atoms with Gasteiger partial charge in [0.15, 0.2) is 17.7 Å². The summed E-state index contributed by atoms with van der Waals surface area (Å²) in [6.45, 7) is 1.35. The van der Waals surface area contributed by atoms with Crippen LogP contribution in [0.4, 0.5) is 17.3 Å². The zero-order chi connectivity index (χ0) is 18.1. The molecule has 7 nitrogen and oxygen atoms in total. The number of hydrogen-bond acceptors (Lipinski definition) is 5. The maximum absolute atomic E-state index is 12.4. The van der Waals surface area contributed by atoms with E-state index in [4.69, 9.17) is 33.7 Å². The molecule has 2 aromatic rings. The molecule has 25 heavy (non-hydrogen) atoms. The third kappa shape index (κ3) is 3.78. The van der Waals surface area contributed by atoms with Gasteiger partial charge >= 0.3 is 0 Å². The summed E-state index contributed by atoms with van der Waals surface area (Å²) in [6.07, 6.45) is -0.730. The van der Waals surface area contributed by atoms with Gasteiger partial charge in [0.2, 0.25) is 5.91 Å². The number of anilines is 3. The van der Waals surface area contributed by atoms with Gasteiger partial charge in [0.05, 0.1) is 0 Å². The van der Waals surface area contributed by atoms with Crippen molar-refractivity contribution in [3.8, 4) is 5.75 Å². The number of halogens is 2. The Morgan fingerprint density at radius 2 is 2.00 bits per heavy atom. The zero-order valence-electron chi connectivity index (χ0n) is 13.1. The van der Waals surface area contributed by atoms with Gasteiger partial charge in [-0.2, -0.15) is 0 Å². The molecule has 0 radical (unpaired) electrons. The fourth-order valence-electron chi connectivity index (χ4n) is 2.42. The van der Waals surface area contributed by atoms with Gasteiger partial charge in [-0.05, 0) is 37.3 Å². The third-order valence-electron chi connectivity index (χ3n) is 3.48. The molecular weight excluding hydrogens is 367 g/mol. The summed E-state index contributed by atoms with van der Waals surface area (Å²) in [5, 5.41) is 3.43. The fraction of sp³-hybridized carbons (Fsp3) is 0.188. The lowest BCUT2D eigenvalue weighted by Crippen LogP contribution is -2.48. The molecule has 1 aliphatic rings. The quantitative estimate of drug-likeness (QED) is 0.852. The van der Waals surface area contributed by atoms with Crippen molar-refractivity contribution in [1.82, 2.24) is 4.98 Å². The number of benzene rings is 1. The highest BCUT2D eigenvalue weighted by Crippen LogP contribution is 2.32. The molecule has 1 unspecified atom stereocenters. The SMILES string of the molecule is CC1Oc2ccc(N)nc2N(CC(=O)Nc2cc(Cl)cc(Cl)c2)C1=O. The molecule has 1 atom stereocenters. The summed E-state index contributed by atoms with van der Waals surface area (Å²) in [7, 11) is 0. The van der Waals surface area contributed by atoms with Crippen molar-refractivity contribution in [3.63, 3.8) is 0 Å². The fourth-order valence-corrected chi connectivity index (χ4v) is 2.95. The summed E-state index contributed by atoms with van der Waals surface area (Å²) in [4.78, 5) is 30.1. The van der Waals surface area contributed by atoms with E-state index in [9.17, 15) is 9.59 Å². The lowest BCUT2D eigenvalue weighted by molar-refractivity contribution is -0.127. The van der Waals surface area contributed by atoms with E-state index < -0.39 is 12.0 Å². The van der Waals surface area contributed by atoms with Gasteiger partial charge in [-0.15, -0.1) is 0 Å². The molecule has 1 aromatic carbocycles. The highest BCUT2D eigenvalue weighted by molar-refractivity contribution is 6.35. The number of nitrogens with zero attached hydrogens (tertiary/aromatic N) is 2. The van der Waals surface area contributed by atoms with Crippen molar-refractivity contribution in [2.45, 2.75) is 13.0 Å². The molecule has 3 rings (SSSR count). The topological polar surface area (TPSA) is 97.6 Å². The molecule has 130 valence electrons. The van der Waals surface area contributed by atoms with Crippen LogP contribution in [0.25, 0.3) is 0 Å². The van der Waals surface area contributed by atoms with Crippen LogP contribution in [0, 0.1) is 0 Å². The Labute approximate surface area is 153 Å². The van der Waals surface area contributed by atoms with Crippen molar-refractivity contribution in [2.75, 3.05) is 22.5 Å². The number of aromatic nitrogens is 1. The number of amides is 2. The van der Waals surface area contributed by atoms with E-state index in [1.54, 1.807) is 37.3 Å². The molecule has 9 heteroatoms. The Kier molecular flexibility index (Phi) is 4.69. The summed E-state index contributed by atoms with van der Waals surface area (Å²) in [5.74, 6) is -0.000143. The lowest BCUT2D eigenvalue weighted by atomic mass is 10.2. The molecule has 2 amide bonds. The Morgan fingerprint density at radius 3 is 2.68 bits per heavy atom. The smallest absolute Gasteiger partial charge is 0.269 e. The van der Waals surface area contributed by atoms with Crippen molar-refractivity contribution >= 4 is 52.3 Å². The zero-order valence-corrected chi connectivity index (χ0v) is 14.6. The number of carbonyl (C=O) groups is 2. The molecule has 0 aliphatic carbocycles. The number of rotatable bonds is 3. The van der Waals surface area contributed by atoms with Crippen molar-refractivity contribution in [3.05, 3.63) is 40.4 Å². The minimum Gasteiger partial charge on any atom is -0.477 e. The maximum Gasteiger partial charge on any atom is 0.269 e. The molecule has 1 aliphatic heterocycles. The summed E-state index contributed by atoms with van der Waals surface area (Å²) < 4.78 is 5.48. The normalized spacial score (nSPS) is 16.2. The Bertz CT molecular complexity index is 839. The number of nitrogens with one attached hydrogen (secondary N) is 1. The molecule has 0 fully saturated rings. The first-order chi connectivity index (χ1) is 11.8. The Morgan fingerprint density at radius 1 is 1.32 bits per heavy atom. The number of fused-ring (bicyclic) bond motifs is 1. The number of pyridine rings is 1. The van der Waals surface area contributed by atoms with E-state index in [0.717, 1.165) is 0 Å². The van der Waals surface area contributed by atoms with Crippen LogP contribution in [0.3, 0.4) is 0 Å². The number of hydrogen-bond donors (Lipinski definition) is 2. The van der Waals surface area contributed by atoms with Crippen LogP contribution in [-0.2, 0) is 9.59 Å². The van der Waals surface area contributed by atoms with Crippen LogP contribution in [0.1, 0.15) is 6.92 Å². The van der Waals surface area contributed by atoms with Gasteiger partial charge in [-0.25, -0.2) is 4.98 Å². The molecule has 0 spiro atoms. The van der Waals surface area contributed by atoms with Crippen LogP contribution in [0.2, 0.25) is 10.0 Å². The number of carbonyl (C=O) groups excluding carboxylic acids is 2. The first-order valence-corrected chi connectivity index (χ1v) is 8.09. The Balaban J connectivity index is 1.82. The van der Waals surface area contributed by atoms with E-state index in [-0.39, 0.29) is 24.1 Å². The number of nitrogens with two attached hydrogens (primary N) is 1. The van der Waals surface area contributed by atoms with E-state index in [1.807, 2.05) is 0 Å². The minimum absolute atomic E-state index is 0.211. The van der Waals surface area contributed by atoms with Gasteiger partial charge in [-0.1, -0.05) is 23.2 Å². The van der Waals surface area contributed by atoms with Gasteiger partial charge in [0, 0.05) is 15.7 Å². The highest BCUT2D eigenvalue weighted by atomic mass is 35.5. The van der Waals surface area contributed by atoms with Gasteiger partial charge < -0.3 is 15.8 Å². The van der Waals surface area contributed by atoms with Crippen LogP contribution >= 0.6 is 23.2 Å². The second-order valence-electron chi connectivity index (χ2n) is 5.45. The second kappa shape index (κ2) is 6.78. The van der Waals surface area contributed by atoms with Crippen LogP contribution in [0.15, 0.2) is 30.3 Å². The highest BCUT2D eigenvalue weighted by Gasteiger charge is 2.34. The second-order valence-corrected chi connectivity index (χ2v) is 6.32. The third-order valence-corrected chi connectivity index (χ3v) is 3.92. The predicted molar refractivity (Wildman–Crippen MR) is 96.2 cm³/mol. The van der Waals surface area contributed by atoms with Gasteiger partial charge in [0.25, 0.3) is 5.91 Å². The first kappa shape index (κ1) is 17.3. The van der Waals surface area contributed by atoms with E-state index in [0.29, 0.717) is 21.5 Å². The maximum atomic E-state index is 12.4. The standard InChI is InChI=1S/C16H14Cl2N4O3/c1-8-16(24)22(15-12(25-8)2-3-13(19)21-15)7-14(23)20-11-5-9(17)4-10(18)6-11/h2-6,8H,7H2,1H3,(H2,19,21)(H,20,23). The van der Waals surface area contributed by atoms with E-state index in [1.165, 1.54) is 4.90 Å². The summed E-state index contributed by atoms with van der Waals surface area (Å²) >= 11 is 11.8. The van der Waals surface area contributed by atoms with Gasteiger partial charge in [-0.3, -0.25) is 14.5 Å². The van der Waals surface area contributed by atoms with Crippen LogP contribution in [0.5, 0.6) is 5.75 Å².